The number of halogens is 1. The molecule has 0 saturated carbocycles. The van der Waals surface area contributed by atoms with Crippen molar-refractivity contribution >= 4 is 23.5 Å². The minimum atomic E-state index is -0.468. The SMILES string of the molecule is CC(C)(C)OC(=O)N1CC[C@H](Nc2cnc(Cl)cn2)C1. The quantitative estimate of drug-likeness (QED) is 0.909. The summed E-state index contributed by atoms with van der Waals surface area (Å²) in [6.45, 7) is 6.85. The van der Waals surface area contributed by atoms with Crippen molar-refractivity contribution in [3.8, 4) is 0 Å². The Morgan fingerprint density at radius 1 is 1.45 bits per heavy atom. The van der Waals surface area contributed by atoms with Crippen LogP contribution in [0.25, 0.3) is 0 Å². The number of ether oxygens (including phenoxy) is 1. The number of amides is 1. The van der Waals surface area contributed by atoms with Crippen LogP contribution in [-0.4, -0.2) is 45.7 Å². The molecule has 7 heteroatoms. The molecule has 1 N–H and O–H groups in total. The van der Waals surface area contributed by atoms with E-state index in [1.165, 1.54) is 6.20 Å². The molecule has 2 rings (SSSR count). The second kappa shape index (κ2) is 5.83. The summed E-state index contributed by atoms with van der Waals surface area (Å²) in [5, 5.41) is 3.59. The largest absolute Gasteiger partial charge is 0.444 e. The lowest BCUT2D eigenvalue weighted by molar-refractivity contribution is 0.0293. The van der Waals surface area contributed by atoms with Gasteiger partial charge in [-0.05, 0) is 27.2 Å². The number of aromatic nitrogens is 2. The number of nitrogens with one attached hydrogen (secondary N) is 1. The summed E-state index contributed by atoms with van der Waals surface area (Å²) in [7, 11) is 0. The van der Waals surface area contributed by atoms with E-state index in [4.69, 9.17) is 16.3 Å². The van der Waals surface area contributed by atoms with E-state index in [2.05, 4.69) is 15.3 Å². The van der Waals surface area contributed by atoms with E-state index in [0.717, 1.165) is 6.42 Å². The van der Waals surface area contributed by atoms with Crippen molar-refractivity contribution in [2.45, 2.75) is 38.8 Å². The first-order valence-corrected chi connectivity index (χ1v) is 6.93. The molecule has 1 aliphatic rings. The van der Waals surface area contributed by atoms with Gasteiger partial charge in [0.25, 0.3) is 0 Å². The molecule has 0 radical (unpaired) electrons. The van der Waals surface area contributed by atoms with Gasteiger partial charge in [0, 0.05) is 19.1 Å². The van der Waals surface area contributed by atoms with Gasteiger partial charge in [-0.1, -0.05) is 11.6 Å². The number of hydrogen-bond acceptors (Lipinski definition) is 5. The number of anilines is 1. The van der Waals surface area contributed by atoms with Crippen LogP contribution in [0, 0.1) is 0 Å². The third kappa shape index (κ3) is 4.23. The second-order valence-electron chi connectivity index (χ2n) is 5.78. The summed E-state index contributed by atoms with van der Waals surface area (Å²) in [6, 6.07) is 0.151. The monoisotopic (exact) mass is 298 g/mol. The lowest BCUT2D eigenvalue weighted by atomic mass is 10.2. The Labute approximate surface area is 123 Å². The van der Waals surface area contributed by atoms with Crippen LogP contribution < -0.4 is 5.32 Å². The first kappa shape index (κ1) is 14.8. The summed E-state index contributed by atoms with van der Waals surface area (Å²) >= 11 is 5.68. The van der Waals surface area contributed by atoms with Gasteiger partial charge in [0.05, 0.1) is 12.4 Å². The van der Waals surface area contributed by atoms with Crippen molar-refractivity contribution in [3.63, 3.8) is 0 Å². The summed E-state index contributed by atoms with van der Waals surface area (Å²) < 4.78 is 5.35. The van der Waals surface area contributed by atoms with Crippen molar-refractivity contribution in [1.29, 1.82) is 0 Å². The van der Waals surface area contributed by atoms with E-state index >= 15 is 0 Å². The van der Waals surface area contributed by atoms with Gasteiger partial charge in [-0.25, -0.2) is 14.8 Å². The highest BCUT2D eigenvalue weighted by Crippen LogP contribution is 2.17. The summed E-state index contributed by atoms with van der Waals surface area (Å²) in [5.41, 5.74) is -0.468. The van der Waals surface area contributed by atoms with Gasteiger partial charge in [-0.2, -0.15) is 0 Å². The van der Waals surface area contributed by atoms with E-state index < -0.39 is 5.60 Å². The fourth-order valence-corrected chi connectivity index (χ4v) is 2.06. The summed E-state index contributed by atoms with van der Waals surface area (Å²) in [4.78, 5) is 21.7. The molecule has 1 fully saturated rings. The van der Waals surface area contributed by atoms with Crippen molar-refractivity contribution < 1.29 is 9.53 Å². The Balaban J connectivity index is 1.86. The minimum Gasteiger partial charge on any atom is -0.444 e. The van der Waals surface area contributed by atoms with Crippen LogP contribution in [0.3, 0.4) is 0 Å². The number of carbonyl (C=O) groups excluding carboxylic acids is 1. The first-order chi connectivity index (χ1) is 9.33. The highest BCUT2D eigenvalue weighted by molar-refractivity contribution is 6.29. The molecule has 0 aliphatic carbocycles. The molecule has 6 nitrogen and oxygen atoms in total. The van der Waals surface area contributed by atoms with Crippen LogP contribution >= 0.6 is 11.6 Å². The molecule has 110 valence electrons. The zero-order valence-electron chi connectivity index (χ0n) is 11.9. The van der Waals surface area contributed by atoms with E-state index in [1.807, 2.05) is 20.8 Å². The molecule has 1 amide bonds. The highest BCUT2D eigenvalue weighted by atomic mass is 35.5. The zero-order valence-corrected chi connectivity index (χ0v) is 12.6. The normalized spacial score (nSPS) is 19.0. The lowest BCUT2D eigenvalue weighted by Crippen LogP contribution is -2.36. The molecule has 1 aromatic rings. The Morgan fingerprint density at radius 3 is 2.80 bits per heavy atom. The number of nitrogens with zero attached hydrogens (tertiary/aromatic N) is 3. The van der Waals surface area contributed by atoms with E-state index in [1.54, 1.807) is 11.1 Å². The molecule has 1 aliphatic heterocycles. The summed E-state index contributed by atoms with van der Waals surface area (Å²) in [5.74, 6) is 0.658. The molecule has 20 heavy (non-hydrogen) atoms. The third-order valence-electron chi connectivity index (χ3n) is 2.81. The van der Waals surface area contributed by atoms with Crippen molar-refractivity contribution in [2.75, 3.05) is 18.4 Å². The average molecular weight is 299 g/mol. The molecule has 0 bridgehead atoms. The van der Waals surface area contributed by atoms with Crippen LogP contribution in [0.4, 0.5) is 10.6 Å². The lowest BCUT2D eigenvalue weighted by Gasteiger charge is -2.24. The molecule has 0 aromatic carbocycles. The molecular formula is C13H19ClN4O2. The maximum atomic E-state index is 11.9. The van der Waals surface area contributed by atoms with Crippen molar-refractivity contribution in [3.05, 3.63) is 17.5 Å². The van der Waals surface area contributed by atoms with Gasteiger partial charge >= 0.3 is 6.09 Å². The van der Waals surface area contributed by atoms with E-state index in [-0.39, 0.29) is 12.1 Å². The topological polar surface area (TPSA) is 67.3 Å². The van der Waals surface area contributed by atoms with Crippen LogP contribution in [-0.2, 0) is 4.74 Å². The average Bonchev–Trinajstić information content (AvgIpc) is 2.79. The number of carbonyl (C=O) groups is 1. The molecule has 0 spiro atoms. The van der Waals surface area contributed by atoms with Crippen molar-refractivity contribution in [2.24, 2.45) is 0 Å². The Morgan fingerprint density at radius 2 is 2.20 bits per heavy atom. The zero-order chi connectivity index (χ0) is 14.8. The van der Waals surface area contributed by atoms with E-state index in [9.17, 15) is 4.79 Å². The second-order valence-corrected chi connectivity index (χ2v) is 6.17. The number of likely N-dealkylation sites (tertiary alicyclic amines) is 1. The maximum absolute atomic E-state index is 11.9. The Bertz CT molecular complexity index is 472. The van der Waals surface area contributed by atoms with Gasteiger partial charge < -0.3 is 15.0 Å². The fraction of sp³-hybridized carbons (Fsp3) is 0.615. The van der Waals surface area contributed by atoms with Crippen LogP contribution in [0.5, 0.6) is 0 Å². The van der Waals surface area contributed by atoms with Gasteiger partial charge in [0.2, 0.25) is 0 Å². The Kier molecular flexibility index (Phi) is 4.32. The molecule has 1 atom stereocenters. The molecule has 1 saturated heterocycles. The molecule has 0 unspecified atom stereocenters. The highest BCUT2D eigenvalue weighted by Gasteiger charge is 2.29. The van der Waals surface area contributed by atoms with E-state index in [0.29, 0.717) is 24.1 Å². The maximum Gasteiger partial charge on any atom is 0.410 e. The van der Waals surface area contributed by atoms with Crippen LogP contribution in [0.1, 0.15) is 27.2 Å². The fourth-order valence-electron chi connectivity index (χ4n) is 1.97. The van der Waals surface area contributed by atoms with Gasteiger partial charge in [0.15, 0.2) is 0 Å². The molecule has 2 heterocycles. The predicted molar refractivity (Wildman–Crippen MR) is 76.9 cm³/mol. The van der Waals surface area contributed by atoms with Crippen molar-refractivity contribution in [1.82, 2.24) is 14.9 Å². The van der Waals surface area contributed by atoms with Gasteiger partial charge in [0.1, 0.15) is 16.6 Å². The van der Waals surface area contributed by atoms with Gasteiger partial charge in [-0.15, -0.1) is 0 Å². The summed E-state index contributed by atoms with van der Waals surface area (Å²) in [6.07, 6.45) is 3.65. The standard InChI is InChI=1S/C13H19ClN4O2/c1-13(2,3)20-12(19)18-5-4-9(8-18)17-11-7-15-10(14)6-16-11/h6-7,9H,4-5,8H2,1-3H3,(H,16,17)/t9-/m0/s1. The predicted octanol–water partition coefficient (Wildman–Crippen LogP) is 2.55. The number of hydrogen-bond donors (Lipinski definition) is 1. The number of rotatable bonds is 2. The third-order valence-corrected chi connectivity index (χ3v) is 3.01. The Hall–Kier alpha value is -1.56. The smallest absolute Gasteiger partial charge is 0.410 e. The molecule has 1 aromatic heterocycles. The minimum absolute atomic E-state index is 0.151. The molecular weight excluding hydrogens is 280 g/mol. The van der Waals surface area contributed by atoms with Crippen LogP contribution in [0.2, 0.25) is 5.15 Å². The first-order valence-electron chi connectivity index (χ1n) is 6.55. The van der Waals surface area contributed by atoms with Gasteiger partial charge in [-0.3, -0.25) is 0 Å². The van der Waals surface area contributed by atoms with Crippen LogP contribution in [0.15, 0.2) is 12.4 Å².